The molecule has 4 nitrogen and oxygen atoms in total. The number of anilines is 1. The Balaban J connectivity index is 1.24. The molecule has 1 aliphatic heterocycles. The van der Waals surface area contributed by atoms with Crippen molar-refractivity contribution in [1.82, 2.24) is 5.43 Å². The molecule has 0 saturated carbocycles. The maximum absolute atomic E-state index is 13.5. The number of benzene rings is 3. The molecule has 0 radical (unpaired) electrons. The summed E-state index contributed by atoms with van der Waals surface area (Å²) in [6.07, 6.45) is 5.49. The summed E-state index contributed by atoms with van der Waals surface area (Å²) in [5.74, 6) is 1.41. The van der Waals surface area contributed by atoms with Crippen LogP contribution in [0.3, 0.4) is 0 Å². The number of hydrogen-bond acceptors (Lipinski definition) is 4. The van der Waals surface area contributed by atoms with Crippen LogP contribution in [0.4, 0.5) is 10.1 Å². The molecular formula is C29H27BrFN3OS. The van der Waals surface area contributed by atoms with Gasteiger partial charge in [-0.05, 0) is 71.8 Å². The summed E-state index contributed by atoms with van der Waals surface area (Å²) < 4.78 is 14.5. The van der Waals surface area contributed by atoms with Crippen molar-refractivity contribution < 1.29 is 9.18 Å². The van der Waals surface area contributed by atoms with Crippen molar-refractivity contribution in [3.05, 3.63) is 111 Å². The second kappa shape index (κ2) is 11.0. The lowest BCUT2D eigenvalue weighted by molar-refractivity contribution is -0.118. The number of allylic oxidation sites excluding steroid dienone is 2. The molecule has 2 aliphatic rings. The van der Waals surface area contributed by atoms with Gasteiger partial charge in [0.2, 0.25) is 5.91 Å². The Kier molecular flexibility index (Phi) is 7.58. The first-order chi connectivity index (χ1) is 17.5. The minimum atomic E-state index is -0.217. The number of hydrazone groups is 1. The Labute approximate surface area is 223 Å². The molecule has 3 aromatic rings. The van der Waals surface area contributed by atoms with Crippen LogP contribution >= 0.6 is 27.7 Å². The second-order valence-corrected chi connectivity index (χ2v) is 11.0. The number of hydrogen-bond donors (Lipinski definition) is 2. The number of halogens is 2. The van der Waals surface area contributed by atoms with Gasteiger partial charge in [-0.2, -0.15) is 5.10 Å². The van der Waals surface area contributed by atoms with Gasteiger partial charge in [-0.25, -0.2) is 9.82 Å². The van der Waals surface area contributed by atoms with Gasteiger partial charge in [0, 0.05) is 21.8 Å². The first-order valence-corrected chi connectivity index (χ1v) is 13.9. The molecule has 0 unspecified atom stereocenters. The molecule has 0 fully saturated rings. The average molecular weight is 565 g/mol. The van der Waals surface area contributed by atoms with Crippen LogP contribution < -0.4 is 10.7 Å². The van der Waals surface area contributed by atoms with E-state index in [1.807, 2.05) is 49.4 Å². The van der Waals surface area contributed by atoms with E-state index in [2.05, 4.69) is 56.1 Å². The molecule has 0 saturated heterocycles. The predicted octanol–water partition coefficient (Wildman–Crippen LogP) is 7.19. The lowest BCUT2D eigenvalue weighted by atomic mass is 9.76. The smallest absolute Gasteiger partial charge is 0.250 e. The van der Waals surface area contributed by atoms with Crippen LogP contribution in [0.1, 0.15) is 47.6 Å². The molecule has 0 bridgehead atoms. The Morgan fingerprint density at radius 1 is 1.17 bits per heavy atom. The molecule has 1 heterocycles. The maximum Gasteiger partial charge on any atom is 0.250 e. The number of rotatable bonds is 7. The molecule has 7 heteroatoms. The van der Waals surface area contributed by atoms with Gasteiger partial charge in [-0.3, -0.25) is 4.79 Å². The van der Waals surface area contributed by atoms with Crippen LogP contribution in [0, 0.1) is 11.7 Å². The number of thioether (sulfide) groups is 1. The SMILES string of the molecule is C/C(=N/NC(=O)CSCc1ccccc1Br)c1ccc2c(c1)[C@@H]1C=CC[C@@H]1[C@H](c1ccc(F)cc1)N2. The summed E-state index contributed by atoms with van der Waals surface area (Å²) in [6, 6.07) is 21.2. The van der Waals surface area contributed by atoms with E-state index in [1.54, 1.807) is 11.8 Å². The van der Waals surface area contributed by atoms with Gasteiger partial charge in [-0.15, -0.1) is 11.8 Å². The van der Waals surface area contributed by atoms with E-state index in [9.17, 15) is 9.18 Å². The van der Waals surface area contributed by atoms with Gasteiger partial charge in [-0.1, -0.05) is 64.5 Å². The number of nitrogens with one attached hydrogen (secondary N) is 2. The zero-order valence-corrected chi connectivity index (χ0v) is 22.3. The highest BCUT2D eigenvalue weighted by atomic mass is 79.9. The highest BCUT2D eigenvalue weighted by molar-refractivity contribution is 9.10. The predicted molar refractivity (Wildman–Crippen MR) is 150 cm³/mol. The van der Waals surface area contributed by atoms with Gasteiger partial charge < -0.3 is 5.32 Å². The fraction of sp³-hybridized carbons (Fsp3) is 0.241. The van der Waals surface area contributed by atoms with Crippen LogP contribution in [0.15, 0.2) is 88.5 Å². The van der Waals surface area contributed by atoms with E-state index in [1.165, 1.54) is 23.3 Å². The summed E-state index contributed by atoms with van der Waals surface area (Å²) in [5.41, 5.74) is 9.03. The summed E-state index contributed by atoms with van der Waals surface area (Å²) in [4.78, 5) is 12.3. The summed E-state index contributed by atoms with van der Waals surface area (Å²) in [7, 11) is 0. The number of fused-ring (bicyclic) bond motifs is 3. The van der Waals surface area contributed by atoms with Crippen molar-refractivity contribution >= 4 is 45.0 Å². The second-order valence-electron chi connectivity index (χ2n) is 9.15. The first kappa shape index (κ1) is 24.8. The van der Waals surface area contributed by atoms with Gasteiger partial charge >= 0.3 is 0 Å². The van der Waals surface area contributed by atoms with Crippen molar-refractivity contribution in [3.8, 4) is 0 Å². The fourth-order valence-electron chi connectivity index (χ4n) is 4.93. The van der Waals surface area contributed by atoms with E-state index in [4.69, 9.17) is 0 Å². The number of carbonyl (C=O) groups excluding carboxylic acids is 1. The van der Waals surface area contributed by atoms with Crippen molar-refractivity contribution in [2.75, 3.05) is 11.1 Å². The molecule has 184 valence electrons. The molecular weight excluding hydrogens is 537 g/mol. The summed E-state index contributed by atoms with van der Waals surface area (Å²) in [5, 5.41) is 8.05. The Morgan fingerprint density at radius 2 is 1.97 bits per heavy atom. The Bertz CT molecular complexity index is 1320. The third kappa shape index (κ3) is 5.42. The van der Waals surface area contributed by atoms with E-state index in [0.29, 0.717) is 11.7 Å². The molecule has 3 aromatic carbocycles. The Hall–Kier alpha value is -2.90. The van der Waals surface area contributed by atoms with Gasteiger partial charge in [0.1, 0.15) is 5.82 Å². The molecule has 0 spiro atoms. The summed E-state index contributed by atoms with van der Waals surface area (Å²) >= 11 is 5.10. The minimum absolute atomic E-state index is 0.119. The fourth-order valence-corrected chi connectivity index (χ4v) is 6.37. The summed E-state index contributed by atoms with van der Waals surface area (Å²) in [6.45, 7) is 1.91. The normalized spacial score (nSPS) is 20.4. The molecule has 5 rings (SSSR count). The molecule has 0 aromatic heterocycles. The van der Waals surface area contributed by atoms with Gasteiger partial charge in [0.15, 0.2) is 0 Å². The number of carbonyl (C=O) groups is 1. The lowest BCUT2D eigenvalue weighted by Gasteiger charge is -2.37. The monoisotopic (exact) mass is 563 g/mol. The molecule has 1 amide bonds. The molecule has 1 aliphatic carbocycles. The topological polar surface area (TPSA) is 53.5 Å². The highest BCUT2D eigenvalue weighted by Crippen LogP contribution is 2.49. The van der Waals surface area contributed by atoms with Gasteiger partial charge in [0.05, 0.1) is 17.5 Å². The van der Waals surface area contributed by atoms with E-state index < -0.39 is 0 Å². The first-order valence-electron chi connectivity index (χ1n) is 12.0. The van der Waals surface area contributed by atoms with E-state index >= 15 is 0 Å². The quantitative estimate of drug-likeness (QED) is 0.182. The van der Waals surface area contributed by atoms with Crippen LogP contribution in [0.2, 0.25) is 0 Å². The maximum atomic E-state index is 13.5. The average Bonchev–Trinajstić information content (AvgIpc) is 3.39. The van der Waals surface area contributed by atoms with Crippen molar-refractivity contribution in [2.45, 2.75) is 31.1 Å². The standard InChI is InChI=1S/C29H27BrFN3OS/c1-18(33-34-28(35)17-36-16-21-5-2-3-8-26(21)30)20-11-14-27-25(15-20)23-6-4-7-24(23)29(32-27)19-9-12-22(31)13-10-19/h2-6,8-15,23-24,29,32H,7,16-17H2,1H3,(H,34,35)/b33-18-/t23-,24+,29+/m1/s1. The molecule has 2 N–H and O–H groups in total. The van der Waals surface area contributed by atoms with Crippen LogP contribution in [0.25, 0.3) is 0 Å². The van der Waals surface area contributed by atoms with E-state index in [0.717, 1.165) is 39.2 Å². The number of amides is 1. The molecule has 36 heavy (non-hydrogen) atoms. The number of nitrogens with zero attached hydrogens (tertiary/aromatic N) is 1. The van der Waals surface area contributed by atoms with Crippen molar-refractivity contribution in [2.24, 2.45) is 11.0 Å². The van der Waals surface area contributed by atoms with Gasteiger partial charge in [0.25, 0.3) is 0 Å². The van der Waals surface area contributed by atoms with Crippen molar-refractivity contribution in [1.29, 1.82) is 0 Å². The van der Waals surface area contributed by atoms with Crippen molar-refractivity contribution in [3.63, 3.8) is 0 Å². The van der Waals surface area contributed by atoms with Crippen LogP contribution in [-0.2, 0) is 10.5 Å². The minimum Gasteiger partial charge on any atom is -0.378 e. The zero-order chi connectivity index (χ0) is 25.1. The lowest BCUT2D eigenvalue weighted by Crippen LogP contribution is -2.29. The zero-order valence-electron chi connectivity index (χ0n) is 19.9. The molecule has 3 atom stereocenters. The Morgan fingerprint density at radius 3 is 2.78 bits per heavy atom. The van der Waals surface area contributed by atoms with E-state index in [-0.39, 0.29) is 23.7 Å². The van der Waals surface area contributed by atoms with Crippen LogP contribution in [-0.4, -0.2) is 17.4 Å². The largest absolute Gasteiger partial charge is 0.378 e. The third-order valence-corrected chi connectivity index (χ3v) is 8.56. The highest BCUT2D eigenvalue weighted by Gasteiger charge is 2.38. The van der Waals surface area contributed by atoms with Crippen LogP contribution in [0.5, 0.6) is 0 Å². The third-order valence-electron chi connectivity index (χ3n) is 6.81.